The molecule has 1 heterocycles. The summed E-state index contributed by atoms with van der Waals surface area (Å²) < 4.78 is 0. The minimum absolute atomic E-state index is 0.447. The molecule has 0 atom stereocenters. The van der Waals surface area contributed by atoms with Crippen LogP contribution in [0.5, 0.6) is 0 Å². The molecule has 1 nitrogen and oxygen atoms in total. The standard InChI is InChI=1S/C12H23N/c1-11(2)7-6-10-12(13(11)3)8-4-5-9-12/h4-10H2,1-3H3. The Morgan fingerprint density at radius 1 is 0.846 bits per heavy atom. The van der Waals surface area contributed by atoms with Crippen LogP contribution in [0.3, 0.4) is 0 Å². The molecule has 2 fully saturated rings. The number of nitrogens with zero attached hydrogens (tertiary/aromatic N) is 1. The van der Waals surface area contributed by atoms with Crippen LogP contribution >= 0.6 is 0 Å². The molecule has 1 spiro atoms. The highest BCUT2D eigenvalue weighted by atomic mass is 15.2. The van der Waals surface area contributed by atoms with Crippen LogP contribution in [0.4, 0.5) is 0 Å². The van der Waals surface area contributed by atoms with Crippen molar-refractivity contribution in [2.75, 3.05) is 7.05 Å². The van der Waals surface area contributed by atoms with Crippen molar-refractivity contribution in [1.82, 2.24) is 4.90 Å². The Labute approximate surface area is 82.5 Å². The lowest BCUT2D eigenvalue weighted by Gasteiger charge is -2.52. The number of hydrogen-bond donors (Lipinski definition) is 0. The van der Waals surface area contributed by atoms with Crippen molar-refractivity contribution in [3.63, 3.8) is 0 Å². The van der Waals surface area contributed by atoms with Gasteiger partial charge in [0.05, 0.1) is 0 Å². The maximum Gasteiger partial charge on any atom is 0.0211 e. The van der Waals surface area contributed by atoms with Crippen LogP contribution in [0, 0.1) is 0 Å². The van der Waals surface area contributed by atoms with Gasteiger partial charge in [0.25, 0.3) is 0 Å². The summed E-state index contributed by atoms with van der Waals surface area (Å²) in [4.78, 5) is 2.69. The second-order valence-electron chi connectivity index (χ2n) is 5.66. The van der Waals surface area contributed by atoms with Gasteiger partial charge in [-0.15, -0.1) is 0 Å². The first kappa shape index (κ1) is 9.51. The summed E-state index contributed by atoms with van der Waals surface area (Å²) in [6, 6.07) is 0. The molecule has 76 valence electrons. The van der Waals surface area contributed by atoms with Gasteiger partial charge in [-0.05, 0) is 53.0 Å². The van der Waals surface area contributed by atoms with E-state index in [4.69, 9.17) is 0 Å². The third kappa shape index (κ3) is 1.41. The van der Waals surface area contributed by atoms with Crippen LogP contribution < -0.4 is 0 Å². The van der Waals surface area contributed by atoms with Crippen LogP contribution in [0.1, 0.15) is 58.8 Å². The van der Waals surface area contributed by atoms with E-state index in [1.807, 2.05) is 0 Å². The van der Waals surface area contributed by atoms with E-state index in [0.29, 0.717) is 11.1 Å². The molecular formula is C12H23N. The van der Waals surface area contributed by atoms with E-state index in [1.54, 1.807) is 0 Å². The molecular weight excluding hydrogens is 158 g/mol. The summed E-state index contributed by atoms with van der Waals surface area (Å²) in [7, 11) is 2.35. The number of likely N-dealkylation sites (tertiary alicyclic amines) is 1. The summed E-state index contributed by atoms with van der Waals surface area (Å²) in [6.07, 6.45) is 10.1. The van der Waals surface area contributed by atoms with Gasteiger partial charge >= 0.3 is 0 Å². The Hall–Kier alpha value is -0.0400. The van der Waals surface area contributed by atoms with Crippen LogP contribution in [-0.2, 0) is 0 Å². The van der Waals surface area contributed by atoms with Gasteiger partial charge in [0, 0.05) is 11.1 Å². The number of piperidine rings is 1. The second-order valence-corrected chi connectivity index (χ2v) is 5.66. The summed E-state index contributed by atoms with van der Waals surface area (Å²) in [6.45, 7) is 4.82. The molecule has 1 heteroatoms. The Morgan fingerprint density at radius 3 is 2.00 bits per heavy atom. The average molecular weight is 181 g/mol. The van der Waals surface area contributed by atoms with Gasteiger partial charge in [-0.2, -0.15) is 0 Å². The molecule has 0 radical (unpaired) electrons. The molecule has 0 aromatic carbocycles. The van der Waals surface area contributed by atoms with Crippen molar-refractivity contribution in [2.24, 2.45) is 0 Å². The zero-order valence-corrected chi connectivity index (χ0v) is 9.40. The average Bonchev–Trinajstić information content (AvgIpc) is 2.50. The first-order valence-corrected chi connectivity index (χ1v) is 5.81. The highest BCUT2D eigenvalue weighted by Crippen LogP contribution is 2.46. The molecule has 2 aliphatic rings. The maximum atomic E-state index is 2.69. The fraction of sp³-hybridized carbons (Fsp3) is 1.00. The van der Waals surface area contributed by atoms with E-state index in [0.717, 1.165) is 0 Å². The Balaban J connectivity index is 2.19. The van der Waals surface area contributed by atoms with Crippen LogP contribution in [0.25, 0.3) is 0 Å². The molecule has 0 amide bonds. The third-order valence-electron chi connectivity index (χ3n) is 4.58. The number of hydrogen-bond acceptors (Lipinski definition) is 1. The highest BCUT2D eigenvalue weighted by molar-refractivity contribution is 5.02. The van der Waals surface area contributed by atoms with Crippen molar-refractivity contribution in [1.29, 1.82) is 0 Å². The SMILES string of the molecule is CN1C(C)(C)CCCC12CCCC2. The normalized spacial score (nSPS) is 32.5. The molecule has 0 N–H and O–H groups in total. The van der Waals surface area contributed by atoms with Crippen LogP contribution in [0.15, 0.2) is 0 Å². The summed E-state index contributed by atoms with van der Waals surface area (Å²) in [5.74, 6) is 0. The molecule has 1 aliphatic carbocycles. The fourth-order valence-corrected chi connectivity index (χ4v) is 3.45. The Morgan fingerprint density at radius 2 is 1.38 bits per heavy atom. The number of rotatable bonds is 0. The van der Waals surface area contributed by atoms with Gasteiger partial charge in [-0.1, -0.05) is 12.8 Å². The van der Waals surface area contributed by atoms with Gasteiger partial charge in [-0.25, -0.2) is 0 Å². The van der Waals surface area contributed by atoms with E-state index >= 15 is 0 Å². The monoisotopic (exact) mass is 181 g/mol. The lowest BCUT2D eigenvalue weighted by Crippen LogP contribution is -2.57. The molecule has 0 bridgehead atoms. The van der Waals surface area contributed by atoms with Gasteiger partial charge < -0.3 is 0 Å². The molecule has 0 unspecified atom stereocenters. The van der Waals surface area contributed by atoms with Crippen LogP contribution in [-0.4, -0.2) is 23.0 Å². The second kappa shape index (κ2) is 2.98. The maximum absolute atomic E-state index is 2.69. The Kier molecular flexibility index (Phi) is 2.18. The van der Waals surface area contributed by atoms with Gasteiger partial charge in [0.15, 0.2) is 0 Å². The largest absolute Gasteiger partial charge is 0.296 e. The quantitative estimate of drug-likeness (QED) is 0.555. The fourth-order valence-electron chi connectivity index (χ4n) is 3.45. The molecule has 1 saturated heterocycles. The first-order chi connectivity index (χ1) is 6.07. The highest BCUT2D eigenvalue weighted by Gasteiger charge is 2.45. The van der Waals surface area contributed by atoms with Crippen molar-refractivity contribution in [3.05, 3.63) is 0 Å². The molecule has 1 aliphatic heterocycles. The lowest BCUT2D eigenvalue weighted by atomic mass is 9.77. The van der Waals surface area contributed by atoms with Gasteiger partial charge in [-0.3, -0.25) is 4.90 Å². The first-order valence-electron chi connectivity index (χ1n) is 5.81. The zero-order valence-electron chi connectivity index (χ0n) is 9.40. The summed E-state index contributed by atoms with van der Waals surface area (Å²) in [5, 5.41) is 0. The molecule has 1 saturated carbocycles. The van der Waals surface area contributed by atoms with E-state index in [2.05, 4.69) is 25.8 Å². The molecule has 13 heavy (non-hydrogen) atoms. The van der Waals surface area contributed by atoms with Gasteiger partial charge in [0.1, 0.15) is 0 Å². The molecule has 0 aromatic rings. The molecule has 2 rings (SSSR count). The van der Waals surface area contributed by atoms with Crippen molar-refractivity contribution < 1.29 is 0 Å². The minimum atomic E-state index is 0.447. The predicted octanol–water partition coefficient (Wildman–Crippen LogP) is 3.19. The third-order valence-corrected chi connectivity index (χ3v) is 4.58. The smallest absolute Gasteiger partial charge is 0.0211 e. The van der Waals surface area contributed by atoms with Crippen LogP contribution in [0.2, 0.25) is 0 Å². The summed E-state index contributed by atoms with van der Waals surface area (Å²) in [5.41, 5.74) is 1.05. The minimum Gasteiger partial charge on any atom is -0.296 e. The zero-order chi connectivity index (χ0) is 9.53. The van der Waals surface area contributed by atoms with Crippen molar-refractivity contribution in [2.45, 2.75) is 69.9 Å². The van der Waals surface area contributed by atoms with E-state index in [-0.39, 0.29) is 0 Å². The lowest BCUT2D eigenvalue weighted by molar-refractivity contribution is -0.0207. The van der Waals surface area contributed by atoms with Gasteiger partial charge in [0.2, 0.25) is 0 Å². The van der Waals surface area contributed by atoms with Crippen molar-refractivity contribution >= 4 is 0 Å². The predicted molar refractivity (Wildman–Crippen MR) is 56.9 cm³/mol. The van der Waals surface area contributed by atoms with E-state index in [1.165, 1.54) is 44.9 Å². The Bertz CT molecular complexity index is 189. The summed E-state index contributed by atoms with van der Waals surface area (Å²) >= 11 is 0. The topological polar surface area (TPSA) is 3.24 Å². The van der Waals surface area contributed by atoms with E-state index < -0.39 is 0 Å². The van der Waals surface area contributed by atoms with E-state index in [9.17, 15) is 0 Å². The molecule has 0 aromatic heterocycles. The van der Waals surface area contributed by atoms with Crippen molar-refractivity contribution in [3.8, 4) is 0 Å².